The van der Waals surface area contributed by atoms with E-state index >= 15 is 0 Å². The predicted molar refractivity (Wildman–Crippen MR) is 168 cm³/mol. The summed E-state index contributed by atoms with van der Waals surface area (Å²) in [4.78, 5) is 0. The third-order valence-electron chi connectivity index (χ3n) is 8.02. The molecule has 8 rings (SSSR count). The predicted octanol–water partition coefficient (Wildman–Crippen LogP) is 10.1. The van der Waals surface area contributed by atoms with E-state index < -0.39 is 0 Å². The van der Waals surface area contributed by atoms with Gasteiger partial charge in [0.2, 0.25) is 0 Å². The van der Waals surface area contributed by atoms with Gasteiger partial charge in [-0.1, -0.05) is 91.0 Å². The van der Waals surface area contributed by atoms with Crippen molar-refractivity contribution in [2.75, 3.05) is 0 Å². The topological polar surface area (TPSA) is 9.86 Å². The summed E-state index contributed by atoms with van der Waals surface area (Å²) in [7, 11) is 0. The van der Waals surface area contributed by atoms with Crippen LogP contribution in [0.15, 0.2) is 158 Å². The zero-order valence-corrected chi connectivity index (χ0v) is 21.9. The number of hydrogen-bond donors (Lipinski definition) is 0. The molecule has 6 aromatic carbocycles. The van der Waals surface area contributed by atoms with E-state index in [0.29, 0.717) is 0 Å². The van der Waals surface area contributed by atoms with Crippen LogP contribution in [0, 0.1) is 0 Å². The molecule has 0 atom stereocenters. The van der Waals surface area contributed by atoms with Gasteiger partial charge in [0.25, 0.3) is 0 Å². The van der Waals surface area contributed by atoms with Crippen LogP contribution >= 0.6 is 0 Å². The summed E-state index contributed by atoms with van der Waals surface area (Å²) in [5.41, 5.74) is 9.67. The van der Waals surface area contributed by atoms with Crippen LogP contribution in [0.5, 0.6) is 0 Å². The molecule has 0 fully saturated rings. The molecule has 0 aliphatic carbocycles. The van der Waals surface area contributed by atoms with E-state index in [1.165, 1.54) is 66.2 Å². The van der Waals surface area contributed by atoms with Gasteiger partial charge in [0.1, 0.15) is 0 Å². The molecule has 8 aromatic rings. The summed E-state index contributed by atoms with van der Waals surface area (Å²) < 4.78 is 4.54. The van der Waals surface area contributed by atoms with Crippen molar-refractivity contribution >= 4 is 32.6 Å². The van der Waals surface area contributed by atoms with Crippen LogP contribution < -0.4 is 0 Å². The molecule has 0 N–H and O–H groups in total. The molecule has 0 amide bonds. The van der Waals surface area contributed by atoms with Crippen LogP contribution in [0.2, 0.25) is 0 Å². The van der Waals surface area contributed by atoms with E-state index in [2.05, 4.69) is 167 Å². The smallest absolute Gasteiger partial charge is 0.0534 e. The average molecular weight is 511 g/mol. The first-order valence-electron chi connectivity index (χ1n) is 13.7. The maximum atomic E-state index is 2.29. The molecule has 2 aromatic heterocycles. The normalized spacial score (nSPS) is 11.5. The fourth-order valence-corrected chi connectivity index (χ4v) is 5.93. The van der Waals surface area contributed by atoms with E-state index in [1.54, 1.807) is 0 Å². The van der Waals surface area contributed by atoms with Crippen LogP contribution in [0.4, 0.5) is 0 Å². The van der Waals surface area contributed by atoms with Crippen molar-refractivity contribution < 1.29 is 0 Å². The molecule has 0 aliphatic rings. The quantitative estimate of drug-likeness (QED) is 0.223. The number of fused-ring (bicyclic) bond motifs is 4. The van der Waals surface area contributed by atoms with E-state index in [1.807, 2.05) is 0 Å². The Bertz CT molecular complexity index is 2130. The zero-order valence-electron chi connectivity index (χ0n) is 21.9. The number of aromatic nitrogens is 2. The fraction of sp³-hybridized carbons (Fsp3) is 0. The lowest BCUT2D eigenvalue weighted by molar-refractivity contribution is 1.13. The molecule has 2 heterocycles. The van der Waals surface area contributed by atoms with E-state index in [4.69, 9.17) is 0 Å². The van der Waals surface area contributed by atoms with Gasteiger partial charge in [0, 0.05) is 34.5 Å². The minimum absolute atomic E-state index is 1.17. The summed E-state index contributed by atoms with van der Waals surface area (Å²) in [6, 6.07) is 52.4. The van der Waals surface area contributed by atoms with Crippen LogP contribution in [-0.2, 0) is 0 Å². The van der Waals surface area contributed by atoms with Gasteiger partial charge >= 0.3 is 0 Å². The number of hydrogen-bond acceptors (Lipinski definition) is 0. The molecule has 0 saturated heterocycles. The number of rotatable bonds is 4. The largest absolute Gasteiger partial charge is 0.317 e. The Kier molecular flexibility index (Phi) is 5.17. The highest BCUT2D eigenvalue weighted by Crippen LogP contribution is 2.31. The van der Waals surface area contributed by atoms with Crippen molar-refractivity contribution in [3.63, 3.8) is 0 Å². The second kappa shape index (κ2) is 9.14. The van der Waals surface area contributed by atoms with Gasteiger partial charge in [-0.15, -0.1) is 0 Å². The average Bonchev–Trinajstić information content (AvgIpc) is 3.66. The third kappa shape index (κ3) is 3.73. The second-order valence-electron chi connectivity index (χ2n) is 10.3. The first kappa shape index (κ1) is 22.6. The van der Waals surface area contributed by atoms with Crippen molar-refractivity contribution in [3.8, 4) is 33.6 Å². The molecule has 0 aliphatic heterocycles. The SMILES string of the molecule is c1ccc(-c2ccc(-n3ccc4cc(-c5ccc(-n6ccc7c8ccccc8ccc76)cc5)ccc43)cc2)cc1. The van der Waals surface area contributed by atoms with Gasteiger partial charge in [0.15, 0.2) is 0 Å². The van der Waals surface area contributed by atoms with Crippen molar-refractivity contribution in [3.05, 3.63) is 158 Å². The highest BCUT2D eigenvalue weighted by Gasteiger charge is 2.09. The van der Waals surface area contributed by atoms with Gasteiger partial charge in [0.05, 0.1) is 11.0 Å². The van der Waals surface area contributed by atoms with Crippen LogP contribution in [0.3, 0.4) is 0 Å². The second-order valence-corrected chi connectivity index (χ2v) is 10.3. The summed E-state index contributed by atoms with van der Waals surface area (Å²) in [6.07, 6.45) is 4.34. The van der Waals surface area contributed by atoms with Crippen molar-refractivity contribution in [1.29, 1.82) is 0 Å². The summed E-state index contributed by atoms with van der Waals surface area (Å²) in [6.45, 7) is 0. The van der Waals surface area contributed by atoms with Crippen LogP contribution in [0.25, 0.3) is 66.2 Å². The van der Waals surface area contributed by atoms with E-state index in [-0.39, 0.29) is 0 Å². The molecule has 0 spiro atoms. The lowest BCUT2D eigenvalue weighted by atomic mass is 10.0. The molecule has 40 heavy (non-hydrogen) atoms. The Morgan fingerprint density at radius 1 is 0.325 bits per heavy atom. The first-order chi connectivity index (χ1) is 19.8. The molecule has 0 radical (unpaired) electrons. The number of benzene rings is 6. The van der Waals surface area contributed by atoms with Gasteiger partial charge in [-0.05, 0) is 87.6 Å². The Balaban J connectivity index is 1.09. The van der Waals surface area contributed by atoms with E-state index in [0.717, 1.165) is 0 Å². The molecule has 2 nitrogen and oxygen atoms in total. The summed E-state index contributed by atoms with van der Waals surface area (Å²) in [5.74, 6) is 0. The van der Waals surface area contributed by atoms with Crippen LogP contribution in [0.1, 0.15) is 0 Å². The number of nitrogens with zero attached hydrogens (tertiary/aromatic N) is 2. The summed E-state index contributed by atoms with van der Waals surface area (Å²) >= 11 is 0. The lowest BCUT2D eigenvalue weighted by Gasteiger charge is -2.10. The maximum absolute atomic E-state index is 2.29. The maximum Gasteiger partial charge on any atom is 0.0534 e. The molecule has 0 saturated carbocycles. The van der Waals surface area contributed by atoms with Crippen molar-refractivity contribution in [1.82, 2.24) is 9.13 Å². The monoisotopic (exact) mass is 510 g/mol. The molecule has 2 heteroatoms. The highest BCUT2D eigenvalue weighted by atomic mass is 15.0. The van der Waals surface area contributed by atoms with Gasteiger partial charge < -0.3 is 9.13 Å². The minimum atomic E-state index is 1.17. The fourth-order valence-electron chi connectivity index (χ4n) is 5.93. The zero-order chi connectivity index (χ0) is 26.5. The Morgan fingerprint density at radius 3 is 1.68 bits per heavy atom. The highest BCUT2D eigenvalue weighted by molar-refractivity contribution is 6.07. The Labute approximate surface area is 233 Å². The van der Waals surface area contributed by atoms with Crippen molar-refractivity contribution in [2.45, 2.75) is 0 Å². The van der Waals surface area contributed by atoms with Gasteiger partial charge in [-0.25, -0.2) is 0 Å². The minimum Gasteiger partial charge on any atom is -0.317 e. The molecule has 0 unspecified atom stereocenters. The Hall–Kier alpha value is -5.34. The first-order valence-corrected chi connectivity index (χ1v) is 13.7. The van der Waals surface area contributed by atoms with Gasteiger partial charge in [-0.3, -0.25) is 0 Å². The third-order valence-corrected chi connectivity index (χ3v) is 8.02. The van der Waals surface area contributed by atoms with Gasteiger partial charge in [-0.2, -0.15) is 0 Å². The molecular formula is C38H26N2. The van der Waals surface area contributed by atoms with Crippen molar-refractivity contribution in [2.24, 2.45) is 0 Å². The molecular weight excluding hydrogens is 484 g/mol. The van der Waals surface area contributed by atoms with Crippen LogP contribution in [-0.4, -0.2) is 9.13 Å². The molecule has 188 valence electrons. The summed E-state index contributed by atoms with van der Waals surface area (Å²) in [5, 5.41) is 5.09. The lowest BCUT2D eigenvalue weighted by Crippen LogP contribution is -1.92. The molecule has 0 bridgehead atoms. The van der Waals surface area contributed by atoms with E-state index in [9.17, 15) is 0 Å². The Morgan fingerprint density at radius 2 is 0.900 bits per heavy atom. The standard InChI is InChI=1S/C38H26N2/c1-2-6-27(7-3-1)28-10-16-33(17-11-28)39-24-22-32-26-31(15-20-37(32)39)29-12-18-34(19-13-29)40-25-23-36-35-9-5-4-8-30(35)14-21-38(36)40/h1-26H.